The van der Waals surface area contributed by atoms with Crippen LogP contribution in [0.25, 0.3) is 5.57 Å². The molecule has 0 atom stereocenters. The molecule has 0 saturated heterocycles. The molecular weight excluding hydrogens is 292 g/mol. The molecule has 0 aliphatic carbocycles. The van der Waals surface area contributed by atoms with Gasteiger partial charge in [0.15, 0.2) is 0 Å². The second kappa shape index (κ2) is 6.48. The molecule has 1 N–H and O–H groups in total. The molecule has 0 radical (unpaired) electrons. The Bertz CT molecular complexity index is 796. The van der Waals surface area contributed by atoms with E-state index in [1.54, 1.807) is 18.1 Å². The first kappa shape index (κ1) is 15.0. The standard InChI is InChI=1S/C17H18N4O2/c1-20-11-9-18-15(16(20)22)19-17(23)21-10-5-8-14(12-21)13-6-3-2-4-7-13/h2-4,6-9,11H,5,10,12H2,1H3,(H,18,19,23). The van der Waals surface area contributed by atoms with Crippen molar-refractivity contribution in [3.63, 3.8) is 0 Å². The van der Waals surface area contributed by atoms with Crippen molar-refractivity contribution in [1.82, 2.24) is 14.5 Å². The summed E-state index contributed by atoms with van der Waals surface area (Å²) in [5.41, 5.74) is 1.90. The Labute approximate surface area is 134 Å². The summed E-state index contributed by atoms with van der Waals surface area (Å²) in [6, 6.07) is 9.68. The van der Waals surface area contributed by atoms with Gasteiger partial charge in [-0.3, -0.25) is 10.1 Å². The Morgan fingerprint density at radius 2 is 2.04 bits per heavy atom. The third-order valence-electron chi connectivity index (χ3n) is 3.82. The molecule has 2 amide bonds. The first-order chi connectivity index (χ1) is 11.1. The van der Waals surface area contributed by atoms with Crippen LogP contribution < -0.4 is 10.9 Å². The highest BCUT2D eigenvalue weighted by atomic mass is 16.2. The van der Waals surface area contributed by atoms with Crippen LogP contribution in [0.1, 0.15) is 12.0 Å². The summed E-state index contributed by atoms with van der Waals surface area (Å²) in [5.74, 6) is 0.0517. The number of carbonyl (C=O) groups excluding carboxylic acids is 1. The summed E-state index contributed by atoms with van der Waals surface area (Å²) in [6.07, 6.45) is 5.98. The molecular formula is C17H18N4O2. The lowest BCUT2D eigenvalue weighted by Crippen LogP contribution is -2.40. The van der Waals surface area contributed by atoms with Crippen LogP contribution in [0.5, 0.6) is 0 Å². The third kappa shape index (κ3) is 3.31. The fraction of sp³-hybridized carbons (Fsp3) is 0.235. The van der Waals surface area contributed by atoms with Crippen LogP contribution in [0.4, 0.5) is 10.6 Å². The molecule has 0 fully saturated rings. The first-order valence-corrected chi connectivity index (χ1v) is 7.47. The van der Waals surface area contributed by atoms with E-state index in [-0.39, 0.29) is 17.4 Å². The highest BCUT2D eigenvalue weighted by Gasteiger charge is 2.20. The van der Waals surface area contributed by atoms with Crippen LogP contribution in [-0.4, -0.2) is 33.6 Å². The largest absolute Gasteiger partial charge is 0.323 e. The normalized spacial score (nSPS) is 14.3. The molecule has 23 heavy (non-hydrogen) atoms. The lowest BCUT2D eigenvalue weighted by atomic mass is 10.0. The number of anilines is 1. The fourth-order valence-electron chi connectivity index (χ4n) is 2.54. The average molecular weight is 310 g/mol. The fourth-order valence-corrected chi connectivity index (χ4v) is 2.54. The number of rotatable bonds is 2. The topological polar surface area (TPSA) is 67.2 Å². The quantitative estimate of drug-likeness (QED) is 0.923. The summed E-state index contributed by atoms with van der Waals surface area (Å²) >= 11 is 0. The molecule has 1 aromatic carbocycles. The van der Waals surface area contributed by atoms with Crippen LogP contribution in [0.15, 0.2) is 53.6 Å². The van der Waals surface area contributed by atoms with Crippen LogP contribution in [0.3, 0.4) is 0 Å². The Hall–Kier alpha value is -2.89. The smallest absolute Gasteiger partial charge is 0.320 e. The minimum Gasteiger partial charge on any atom is -0.320 e. The van der Waals surface area contributed by atoms with E-state index in [9.17, 15) is 9.59 Å². The lowest BCUT2D eigenvalue weighted by Gasteiger charge is -2.27. The van der Waals surface area contributed by atoms with Crippen molar-refractivity contribution in [2.45, 2.75) is 6.42 Å². The van der Waals surface area contributed by atoms with Gasteiger partial charge in [-0.05, 0) is 17.6 Å². The predicted octanol–water partition coefficient (Wildman–Crippen LogP) is 2.10. The lowest BCUT2D eigenvalue weighted by molar-refractivity contribution is 0.217. The van der Waals surface area contributed by atoms with Crippen molar-refractivity contribution >= 4 is 17.4 Å². The van der Waals surface area contributed by atoms with E-state index in [0.717, 1.165) is 17.6 Å². The molecule has 1 aliphatic heterocycles. The number of hydrogen-bond donors (Lipinski definition) is 1. The van der Waals surface area contributed by atoms with Gasteiger partial charge in [-0.25, -0.2) is 9.78 Å². The number of nitrogens with one attached hydrogen (secondary N) is 1. The SMILES string of the molecule is Cn1ccnc(NC(=O)N2CCC=C(c3ccccc3)C2)c1=O. The van der Waals surface area contributed by atoms with E-state index in [1.807, 2.05) is 30.3 Å². The van der Waals surface area contributed by atoms with Crippen molar-refractivity contribution in [2.24, 2.45) is 7.05 Å². The zero-order valence-electron chi connectivity index (χ0n) is 12.9. The van der Waals surface area contributed by atoms with Crippen molar-refractivity contribution in [1.29, 1.82) is 0 Å². The summed E-state index contributed by atoms with van der Waals surface area (Å²) in [5, 5.41) is 2.61. The molecule has 3 rings (SSSR count). The predicted molar refractivity (Wildman–Crippen MR) is 89.1 cm³/mol. The second-order valence-electron chi connectivity index (χ2n) is 5.43. The minimum absolute atomic E-state index is 0.0517. The van der Waals surface area contributed by atoms with Gasteiger partial charge in [0.2, 0.25) is 5.82 Å². The van der Waals surface area contributed by atoms with Crippen LogP contribution in [0, 0.1) is 0 Å². The number of aromatic nitrogens is 2. The van der Waals surface area contributed by atoms with E-state index in [1.165, 1.54) is 10.8 Å². The summed E-state index contributed by atoms with van der Waals surface area (Å²) in [6.45, 7) is 1.14. The van der Waals surface area contributed by atoms with Gasteiger partial charge < -0.3 is 9.47 Å². The molecule has 0 bridgehead atoms. The second-order valence-corrected chi connectivity index (χ2v) is 5.43. The number of amides is 2. The molecule has 1 aromatic heterocycles. The maximum absolute atomic E-state index is 12.4. The van der Waals surface area contributed by atoms with Crippen molar-refractivity contribution in [3.05, 3.63) is 64.7 Å². The number of hydrogen-bond acceptors (Lipinski definition) is 3. The Morgan fingerprint density at radius 3 is 2.83 bits per heavy atom. The molecule has 0 unspecified atom stereocenters. The number of aryl methyl sites for hydroxylation is 1. The van der Waals surface area contributed by atoms with E-state index in [2.05, 4.69) is 16.4 Å². The van der Waals surface area contributed by atoms with Crippen LogP contribution >= 0.6 is 0 Å². The summed E-state index contributed by atoms with van der Waals surface area (Å²) < 4.78 is 1.38. The highest BCUT2D eigenvalue weighted by molar-refractivity contribution is 5.89. The van der Waals surface area contributed by atoms with Crippen molar-refractivity contribution < 1.29 is 4.79 Å². The van der Waals surface area contributed by atoms with Gasteiger partial charge in [-0.2, -0.15) is 0 Å². The Morgan fingerprint density at radius 1 is 1.26 bits per heavy atom. The molecule has 2 heterocycles. The van der Waals surface area contributed by atoms with Gasteiger partial charge in [-0.1, -0.05) is 36.4 Å². The molecule has 0 saturated carbocycles. The van der Waals surface area contributed by atoms with Crippen LogP contribution in [-0.2, 0) is 7.05 Å². The molecule has 2 aromatic rings. The van der Waals surface area contributed by atoms with Crippen molar-refractivity contribution in [3.8, 4) is 0 Å². The summed E-state index contributed by atoms with van der Waals surface area (Å²) in [7, 11) is 1.62. The van der Waals surface area contributed by atoms with Gasteiger partial charge in [-0.15, -0.1) is 0 Å². The Balaban J connectivity index is 1.73. The monoisotopic (exact) mass is 310 g/mol. The number of carbonyl (C=O) groups is 1. The van der Waals surface area contributed by atoms with Gasteiger partial charge in [0.25, 0.3) is 5.56 Å². The molecule has 6 heteroatoms. The van der Waals surface area contributed by atoms with E-state index >= 15 is 0 Å². The van der Waals surface area contributed by atoms with E-state index < -0.39 is 0 Å². The number of urea groups is 1. The highest BCUT2D eigenvalue weighted by Crippen LogP contribution is 2.20. The van der Waals surface area contributed by atoms with Gasteiger partial charge in [0.05, 0.1) is 0 Å². The van der Waals surface area contributed by atoms with Crippen molar-refractivity contribution in [2.75, 3.05) is 18.4 Å². The molecule has 0 spiro atoms. The number of nitrogens with zero attached hydrogens (tertiary/aromatic N) is 3. The zero-order valence-corrected chi connectivity index (χ0v) is 12.9. The van der Waals surface area contributed by atoms with Gasteiger partial charge in [0.1, 0.15) is 0 Å². The minimum atomic E-state index is -0.323. The molecule has 1 aliphatic rings. The first-order valence-electron chi connectivity index (χ1n) is 7.47. The molecule has 6 nitrogen and oxygen atoms in total. The molecule has 118 valence electrons. The number of benzene rings is 1. The van der Waals surface area contributed by atoms with Gasteiger partial charge >= 0.3 is 6.03 Å². The Kier molecular flexibility index (Phi) is 4.23. The third-order valence-corrected chi connectivity index (χ3v) is 3.82. The maximum atomic E-state index is 12.4. The van der Waals surface area contributed by atoms with Crippen LogP contribution in [0.2, 0.25) is 0 Å². The van der Waals surface area contributed by atoms with E-state index in [4.69, 9.17) is 0 Å². The zero-order chi connectivity index (χ0) is 16.2. The summed E-state index contributed by atoms with van der Waals surface area (Å²) in [4.78, 5) is 30.0. The maximum Gasteiger partial charge on any atom is 0.323 e. The van der Waals surface area contributed by atoms with E-state index in [0.29, 0.717) is 13.1 Å². The average Bonchev–Trinajstić information content (AvgIpc) is 2.60. The van der Waals surface area contributed by atoms with Gasteiger partial charge in [0, 0.05) is 32.5 Å².